The van der Waals surface area contributed by atoms with Gasteiger partial charge < -0.3 is 5.73 Å². The quantitative estimate of drug-likeness (QED) is 0.749. The smallest absolute Gasteiger partial charge is 0.0651 e. The van der Waals surface area contributed by atoms with Gasteiger partial charge in [0.1, 0.15) is 0 Å². The van der Waals surface area contributed by atoms with Crippen molar-refractivity contribution in [2.75, 3.05) is 13.1 Å². The molecule has 0 unspecified atom stereocenters. The molecule has 1 heterocycles. The minimum Gasteiger partial charge on any atom is -0.327 e. The van der Waals surface area contributed by atoms with Crippen LogP contribution in [0, 0.1) is 6.92 Å². The van der Waals surface area contributed by atoms with Crippen molar-refractivity contribution in [2.24, 2.45) is 10.7 Å². The Morgan fingerprint density at radius 2 is 2.00 bits per heavy atom. The number of rotatable bonds is 2. The molecule has 0 fully saturated rings. The summed E-state index contributed by atoms with van der Waals surface area (Å²) in [6.07, 6.45) is 2.09. The molecule has 72 valence electrons. The van der Waals surface area contributed by atoms with Gasteiger partial charge >= 0.3 is 0 Å². The van der Waals surface area contributed by atoms with Crippen LogP contribution in [-0.2, 0) is 0 Å². The lowest BCUT2D eigenvalue weighted by atomic mass is 10.1. The highest BCUT2D eigenvalue weighted by Gasteiger charge is 2.08. The topological polar surface area (TPSA) is 38.4 Å². The largest absolute Gasteiger partial charge is 0.327 e. The molecule has 2 nitrogen and oxygen atoms in total. The molecular weight excluding hydrogens is 172 g/mol. The second-order valence-corrected chi connectivity index (χ2v) is 3.57. The van der Waals surface area contributed by atoms with Gasteiger partial charge in [-0.2, -0.15) is 0 Å². The molecule has 0 aliphatic carbocycles. The molecule has 0 saturated carbocycles. The molecule has 0 radical (unpaired) electrons. The maximum atomic E-state index is 5.56. The average Bonchev–Trinajstić information content (AvgIpc) is 2.67. The minimum atomic E-state index is 0.610. The molecule has 1 aromatic carbocycles. The minimum absolute atomic E-state index is 0.610. The molecule has 0 atom stereocenters. The number of aryl methyl sites for hydroxylation is 1. The van der Waals surface area contributed by atoms with E-state index in [0.717, 1.165) is 12.3 Å². The van der Waals surface area contributed by atoms with Gasteiger partial charge in [0.05, 0.1) is 12.3 Å². The van der Waals surface area contributed by atoms with Crippen molar-refractivity contribution in [3.8, 4) is 0 Å². The first-order valence-corrected chi connectivity index (χ1v) is 4.80. The normalized spacial score (nSPS) is 15.3. The Morgan fingerprint density at radius 1 is 1.29 bits per heavy atom. The molecule has 1 aromatic rings. The first-order chi connectivity index (χ1) is 6.79. The summed E-state index contributed by atoms with van der Waals surface area (Å²) in [5.74, 6) is 0. The van der Waals surface area contributed by atoms with Crippen LogP contribution in [0.4, 0.5) is 0 Å². The van der Waals surface area contributed by atoms with Gasteiger partial charge in [0.2, 0.25) is 0 Å². The van der Waals surface area contributed by atoms with Gasteiger partial charge in [0, 0.05) is 6.54 Å². The van der Waals surface area contributed by atoms with Crippen molar-refractivity contribution < 1.29 is 0 Å². The number of benzene rings is 1. The number of hydrogen-bond donors (Lipinski definition) is 1. The fourth-order valence-corrected chi connectivity index (χ4v) is 1.49. The Labute approximate surface area is 84.2 Å². The fraction of sp³-hybridized carbons (Fsp3) is 0.250. The van der Waals surface area contributed by atoms with Gasteiger partial charge in [-0.25, -0.2) is 0 Å². The van der Waals surface area contributed by atoms with E-state index in [9.17, 15) is 0 Å². The van der Waals surface area contributed by atoms with Gasteiger partial charge in [-0.1, -0.05) is 29.8 Å². The maximum absolute atomic E-state index is 5.56. The molecule has 2 rings (SSSR count). The molecule has 1 aliphatic heterocycles. The second kappa shape index (κ2) is 3.76. The van der Waals surface area contributed by atoms with E-state index in [1.54, 1.807) is 0 Å². The van der Waals surface area contributed by atoms with Gasteiger partial charge in [0.15, 0.2) is 0 Å². The summed E-state index contributed by atoms with van der Waals surface area (Å²) < 4.78 is 0. The fourth-order valence-electron chi connectivity index (χ4n) is 1.49. The monoisotopic (exact) mass is 186 g/mol. The van der Waals surface area contributed by atoms with Crippen LogP contribution in [-0.4, -0.2) is 18.8 Å². The molecule has 1 aliphatic rings. The van der Waals surface area contributed by atoms with Crippen molar-refractivity contribution >= 4 is 5.71 Å². The number of aliphatic imine (C=N–C) groups is 1. The van der Waals surface area contributed by atoms with Gasteiger partial charge in [0.25, 0.3) is 0 Å². The summed E-state index contributed by atoms with van der Waals surface area (Å²) >= 11 is 0. The van der Waals surface area contributed by atoms with Crippen LogP contribution >= 0.6 is 0 Å². The molecule has 0 bridgehead atoms. The van der Waals surface area contributed by atoms with Gasteiger partial charge in [-0.05, 0) is 24.1 Å². The van der Waals surface area contributed by atoms with E-state index in [4.69, 9.17) is 5.73 Å². The third kappa shape index (κ3) is 1.75. The van der Waals surface area contributed by atoms with Crippen molar-refractivity contribution in [1.82, 2.24) is 0 Å². The Hall–Kier alpha value is -1.41. The lowest BCUT2D eigenvalue weighted by molar-refractivity contribution is 1.06. The van der Waals surface area contributed by atoms with Crippen LogP contribution in [0.3, 0.4) is 0 Å². The zero-order valence-electron chi connectivity index (χ0n) is 8.33. The average molecular weight is 186 g/mol. The molecule has 0 aromatic heterocycles. The number of nitrogens with two attached hydrogens (primary N) is 1. The van der Waals surface area contributed by atoms with Crippen molar-refractivity contribution in [3.05, 3.63) is 47.0 Å². The molecule has 0 spiro atoms. The zero-order valence-corrected chi connectivity index (χ0v) is 8.33. The molecule has 14 heavy (non-hydrogen) atoms. The molecule has 2 N–H and O–H groups in total. The van der Waals surface area contributed by atoms with Crippen LogP contribution < -0.4 is 5.73 Å². The summed E-state index contributed by atoms with van der Waals surface area (Å²) in [6, 6.07) is 8.41. The van der Waals surface area contributed by atoms with E-state index in [1.165, 1.54) is 16.7 Å². The second-order valence-electron chi connectivity index (χ2n) is 3.57. The SMILES string of the molecule is Cc1ccc(C2=NCC(CN)=C2)cc1. The van der Waals surface area contributed by atoms with E-state index in [-0.39, 0.29) is 0 Å². The maximum Gasteiger partial charge on any atom is 0.0651 e. The molecule has 2 heteroatoms. The third-order valence-electron chi connectivity index (χ3n) is 2.40. The number of allylic oxidation sites excluding steroid dienone is 1. The Bertz CT molecular complexity index is 385. The van der Waals surface area contributed by atoms with E-state index in [0.29, 0.717) is 6.54 Å². The van der Waals surface area contributed by atoms with Gasteiger partial charge in [-0.15, -0.1) is 0 Å². The predicted octanol–water partition coefficient (Wildman–Crippen LogP) is 1.68. The van der Waals surface area contributed by atoms with Crippen molar-refractivity contribution in [2.45, 2.75) is 6.92 Å². The predicted molar refractivity (Wildman–Crippen MR) is 59.7 cm³/mol. The number of hydrogen-bond acceptors (Lipinski definition) is 2. The first-order valence-electron chi connectivity index (χ1n) is 4.80. The van der Waals surface area contributed by atoms with Crippen molar-refractivity contribution in [3.63, 3.8) is 0 Å². The standard InChI is InChI=1S/C12H14N2/c1-9-2-4-11(5-3-9)12-6-10(7-13)8-14-12/h2-6H,7-8,13H2,1H3. The number of nitrogens with zero attached hydrogens (tertiary/aromatic N) is 1. The molecule has 0 amide bonds. The van der Waals surface area contributed by atoms with Crippen molar-refractivity contribution in [1.29, 1.82) is 0 Å². The summed E-state index contributed by atoms with van der Waals surface area (Å²) in [5, 5.41) is 0. The van der Waals surface area contributed by atoms with Crippen LogP contribution in [0.25, 0.3) is 0 Å². The van der Waals surface area contributed by atoms with E-state index < -0.39 is 0 Å². The first kappa shape index (κ1) is 9.16. The summed E-state index contributed by atoms with van der Waals surface area (Å²) in [7, 11) is 0. The van der Waals surface area contributed by atoms with E-state index in [1.807, 2.05) is 0 Å². The summed E-state index contributed by atoms with van der Waals surface area (Å²) in [4.78, 5) is 4.43. The van der Waals surface area contributed by atoms with Crippen LogP contribution in [0.1, 0.15) is 11.1 Å². The van der Waals surface area contributed by atoms with Crippen LogP contribution in [0.15, 0.2) is 40.9 Å². The molecular formula is C12H14N2. The Kier molecular flexibility index (Phi) is 2.46. The highest BCUT2D eigenvalue weighted by molar-refractivity contribution is 6.10. The lowest BCUT2D eigenvalue weighted by Gasteiger charge is -1.98. The van der Waals surface area contributed by atoms with Crippen LogP contribution in [0.2, 0.25) is 0 Å². The summed E-state index contributed by atoms with van der Waals surface area (Å²) in [6.45, 7) is 3.46. The van der Waals surface area contributed by atoms with E-state index in [2.05, 4.69) is 42.3 Å². The zero-order chi connectivity index (χ0) is 9.97. The lowest BCUT2D eigenvalue weighted by Crippen LogP contribution is -2.03. The van der Waals surface area contributed by atoms with E-state index >= 15 is 0 Å². The highest BCUT2D eigenvalue weighted by atomic mass is 14.8. The van der Waals surface area contributed by atoms with Crippen LogP contribution in [0.5, 0.6) is 0 Å². The summed E-state index contributed by atoms with van der Waals surface area (Å²) in [5.41, 5.74) is 10.3. The Morgan fingerprint density at radius 3 is 2.57 bits per heavy atom. The molecule has 0 saturated heterocycles. The third-order valence-corrected chi connectivity index (χ3v) is 2.40. The van der Waals surface area contributed by atoms with Gasteiger partial charge in [-0.3, -0.25) is 4.99 Å². The highest BCUT2D eigenvalue weighted by Crippen LogP contribution is 2.12. The Balaban J connectivity index is 2.25.